The first-order valence-corrected chi connectivity index (χ1v) is 7.46. The zero-order valence-corrected chi connectivity index (χ0v) is 13.2. The van der Waals surface area contributed by atoms with Gasteiger partial charge in [0.1, 0.15) is 5.78 Å². The largest absolute Gasteiger partial charge is 0.549 e. The molecular weight excluding hydrogens is 308 g/mol. The van der Waals surface area contributed by atoms with Gasteiger partial charge in [0, 0.05) is 12.8 Å². The van der Waals surface area contributed by atoms with Crippen LogP contribution in [0.25, 0.3) is 10.8 Å². The SMILES string of the molecule is C=C(C(=O)[O-])C(CC(=O)CC)(C(=O)[O-])c1cccc2ccccc12. The van der Waals surface area contributed by atoms with Crippen molar-refractivity contribution >= 4 is 28.5 Å². The number of benzene rings is 2. The summed E-state index contributed by atoms with van der Waals surface area (Å²) in [5.74, 6) is -3.82. The molecule has 0 radical (unpaired) electrons. The van der Waals surface area contributed by atoms with E-state index in [4.69, 9.17) is 0 Å². The van der Waals surface area contributed by atoms with Crippen molar-refractivity contribution in [2.24, 2.45) is 0 Å². The molecule has 0 aromatic heterocycles. The molecule has 0 amide bonds. The van der Waals surface area contributed by atoms with Gasteiger partial charge in [-0.1, -0.05) is 56.0 Å². The maximum Gasteiger partial charge on any atom is 0.134 e. The quantitative estimate of drug-likeness (QED) is 0.691. The second-order valence-electron chi connectivity index (χ2n) is 5.55. The summed E-state index contributed by atoms with van der Waals surface area (Å²) in [7, 11) is 0. The van der Waals surface area contributed by atoms with Crippen molar-refractivity contribution in [3.05, 3.63) is 60.2 Å². The molecule has 0 saturated carbocycles. The molecule has 0 aliphatic heterocycles. The lowest BCUT2D eigenvalue weighted by Gasteiger charge is -2.38. The Morgan fingerprint density at radius 1 is 1.04 bits per heavy atom. The minimum Gasteiger partial charge on any atom is -0.549 e. The van der Waals surface area contributed by atoms with Crippen LogP contribution >= 0.6 is 0 Å². The summed E-state index contributed by atoms with van der Waals surface area (Å²) < 4.78 is 0. The molecule has 1 unspecified atom stereocenters. The standard InChI is InChI=1S/C19H18O5/c1-3-14(20)11-19(18(23)24,12(2)17(21)22)16-10-6-8-13-7-4-5-9-15(13)16/h4-10H,2-3,11H2,1H3,(H,21,22)(H,23,24)/p-2. The second-order valence-corrected chi connectivity index (χ2v) is 5.55. The van der Waals surface area contributed by atoms with Crippen molar-refractivity contribution in [3.63, 3.8) is 0 Å². The van der Waals surface area contributed by atoms with Gasteiger partial charge in [0.2, 0.25) is 0 Å². The molecule has 2 aromatic carbocycles. The van der Waals surface area contributed by atoms with E-state index in [1.54, 1.807) is 43.3 Å². The first-order valence-electron chi connectivity index (χ1n) is 7.46. The summed E-state index contributed by atoms with van der Waals surface area (Å²) in [5, 5.41) is 24.7. The van der Waals surface area contributed by atoms with Crippen molar-refractivity contribution in [3.8, 4) is 0 Å². The zero-order chi connectivity index (χ0) is 17.9. The average Bonchev–Trinajstić information content (AvgIpc) is 2.58. The van der Waals surface area contributed by atoms with Crippen LogP contribution in [0.4, 0.5) is 0 Å². The van der Waals surface area contributed by atoms with Crippen LogP contribution < -0.4 is 10.2 Å². The summed E-state index contributed by atoms with van der Waals surface area (Å²) in [6.07, 6.45) is -0.479. The van der Waals surface area contributed by atoms with E-state index in [0.29, 0.717) is 5.39 Å². The van der Waals surface area contributed by atoms with Gasteiger partial charge in [-0.3, -0.25) is 4.79 Å². The third-order valence-electron chi connectivity index (χ3n) is 4.22. The number of carbonyl (C=O) groups is 3. The third kappa shape index (κ3) is 2.80. The summed E-state index contributed by atoms with van der Waals surface area (Å²) in [6, 6.07) is 11.8. The van der Waals surface area contributed by atoms with E-state index in [0.717, 1.165) is 5.39 Å². The van der Waals surface area contributed by atoms with Crippen molar-refractivity contribution in [1.82, 2.24) is 0 Å². The summed E-state index contributed by atoms with van der Waals surface area (Å²) in [5.41, 5.74) is -2.70. The molecule has 2 rings (SSSR count). The van der Waals surface area contributed by atoms with Crippen LogP contribution in [0, 0.1) is 0 Å². The Morgan fingerprint density at radius 3 is 2.25 bits per heavy atom. The molecule has 0 saturated heterocycles. The predicted octanol–water partition coefficient (Wildman–Crippen LogP) is 0.503. The Bertz CT molecular complexity index is 831. The Hall–Kier alpha value is -2.95. The van der Waals surface area contributed by atoms with Gasteiger partial charge in [-0.25, -0.2) is 0 Å². The molecule has 2 aromatic rings. The normalized spacial score (nSPS) is 13.2. The fourth-order valence-electron chi connectivity index (χ4n) is 2.86. The summed E-state index contributed by atoms with van der Waals surface area (Å²) in [4.78, 5) is 35.5. The third-order valence-corrected chi connectivity index (χ3v) is 4.22. The van der Waals surface area contributed by atoms with E-state index in [-0.39, 0.29) is 12.0 Å². The second kappa shape index (κ2) is 6.66. The highest BCUT2D eigenvalue weighted by Crippen LogP contribution is 2.39. The first kappa shape index (κ1) is 17.4. The summed E-state index contributed by atoms with van der Waals surface area (Å²) >= 11 is 0. The van der Waals surface area contributed by atoms with E-state index in [1.165, 1.54) is 6.07 Å². The number of carboxylic acids is 2. The zero-order valence-electron chi connectivity index (χ0n) is 13.2. The number of carbonyl (C=O) groups excluding carboxylic acids is 3. The highest BCUT2D eigenvalue weighted by Gasteiger charge is 2.40. The number of fused-ring (bicyclic) bond motifs is 1. The van der Waals surface area contributed by atoms with E-state index in [2.05, 4.69) is 6.58 Å². The van der Waals surface area contributed by atoms with Gasteiger partial charge in [0.15, 0.2) is 0 Å². The van der Waals surface area contributed by atoms with Crippen molar-refractivity contribution in [1.29, 1.82) is 0 Å². The lowest BCUT2D eigenvalue weighted by molar-refractivity contribution is -0.317. The maximum absolute atomic E-state index is 12.0. The van der Waals surface area contributed by atoms with Crippen LogP contribution in [0.3, 0.4) is 0 Å². The predicted molar refractivity (Wildman–Crippen MR) is 84.7 cm³/mol. The number of hydrogen-bond acceptors (Lipinski definition) is 5. The molecule has 24 heavy (non-hydrogen) atoms. The number of aliphatic carboxylic acids is 2. The Labute approximate surface area is 139 Å². The molecule has 0 aliphatic carbocycles. The average molecular weight is 324 g/mol. The molecule has 0 heterocycles. The van der Waals surface area contributed by atoms with Crippen molar-refractivity contribution in [2.45, 2.75) is 25.2 Å². The number of Topliss-reactive ketones (excluding diaryl/α,β-unsaturated/α-hetero) is 1. The van der Waals surface area contributed by atoms with E-state index >= 15 is 0 Å². The lowest BCUT2D eigenvalue weighted by atomic mass is 9.69. The molecular formula is C19H16O5-2. The number of ketones is 1. The van der Waals surface area contributed by atoms with Crippen LogP contribution in [0.2, 0.25) is 0 Å². The molecule has 0 fully saturated rings. The van der Waals surface area contributed by atoms with E-state index in [9.17, 15) is 24.6 Å². The minimum atomic E-state index is -2.17. The highest BCUT2D eigenvalue weighted by atomic mass is 16.4. The molecule has 0 N–H and O–H groups in total. The van der Waals surface area contributed by atoms with Crippen molar-refractivity contribution < 1.29 is 24.6 Å². The number of hydrogen-bond donors (Lipinski definition) is 0. The van der Waals surface area contributed by atoms with E-state index < -0.39 is 35.1 Å². The van der Waals surface area contributed by atoms with Crippen LogP contribution in [-0.2, 0) is 19.8 Å². The fourth-order valence-corrected chi connectivity index (χ4v) is 2.86. The Morgan fingerprint density at radius 2 is 1.67 bits per heavy atom. The van der Waals surface area contributed by atoms with Gasteiger partial charge in [0.25, 0.3) is 0 Å². The monoisotopic (exact) mass is 324 g/mol. The highest BCUT2D eigenvalue weighted by molar-refractivity contribution is 6.05. The van der Waals surface area contributed by atoms with Gasteiger partial charge >= 0.3 is 0 Å². The van der Waals surface area contributed by atoms with Gasteiger partial charge < -0.3 is 19.8 Å². The van der Waals surface area contributed by atoms with Crippen LogP contribution in [-0.4, -0.2) is 17.7 Å². The van der Waals surface area contributed by atoms with Gasteiger partial charge in [0.05, 0.1) is 17.4 Å². The Balaban J connectivity index is 2.86. The van der Waals surface area contributed by atoms with Crippen LogP contribution in [0.5, 0.6) is 0 Å². The minimum absolute atomic E-state index is 0.0696. The van der Waals surface area contributed by atoms with Crippen LogP contribution in [0.1, 0.15) is 25.3 Å². The van der Waals surface area contributed by atoms with Crippen LogP contribution in [0.15, 0.2) is 54.6 Å². The smallest absolute Gasteiger partial charge is 0.134 e. The van der Waals surface area contributed by atoms with Gasteiger partial charge in [-0.15, -0.1) is 0 Å². The Kier molecular flexibility index (Phi) is 4.83. The maximum atomic E-state index is 12.0. The fraction of sp³-hybridized carbons (Fsp3) is 0.211. The molecule has 1 atom stereocenters. The lowest BCUT2D eigenvalue weighted by Crippen LogP contribution is -2.52. The first-order chi connectivity index (χ1) is 11.3. The molecule has 124 valence electrons. The summed E-state index contributed by atoms with van der Waals surface area (Å²) in [6.45, 7) is 4.96. The molecule has 0 spiro atoms. The van der Waals surface area contributed by atoms with Gasteiger partial charge in [-0.2, -0.15) is 0 Å². The molecule has 5 nitrogen and oxygen atoms in total. The topological polar surface area (TPSA) is 97.3 Å². The molecule has 0 aliphatic rings. The molecule has 0 bridgehead atoms. The van der Waals surface area contributed by atoms with Gasteiger partial charge in [-0.05, 0) is 21.9 Å². The number of carboxylic acid groups (broad SMARTS) is 2. The van der Waals surface area contributed by atoms with Crippen molar-refractivity contribution in [2.75, 3.05) is 0 Å². The number of rotatable bonds is 7. The van der Waals surface area contributed by atoms with E-state index in [1.807, 2.05) is 0 Å². The molecule has 5 heteroatoms.